The summed E-state index contributed by atoms with van der Waals surface area (Å²) in [6.07, 6.45) is 0.708. The van der Waals surface area contributed by atoms with Crippen LogP contribution in [0, 0.1) is 3.57 Å². The third-order valence-electron chi connectivity index (χ3n) is 4.76. The van der Waals surface area contributed by atoms with Crippen molar-refractivity contribution in [2.75, 3.05) is 5.32 Å². The van der Waals surface area contributed by atoms with E-state index in [1.54, 1.807) is 10.9 Å². The molecule has 28 heavy (non-hydrogen) atoms. The number of imidazole rings is 1. The maximum Gasteiger partial charge on any atom is 0.226 e. The molecule has 1 fully saturated rings. The molecule has 3 heterocycles. The first-order valence-corrected chi connectivity index (χ1v) is 11.3. The number of thioether (sulfide) groups is 1. The molecule has 1 aliphatic heterocycles. The predicted octanol–water partition coefficient (Wildman–Crippen LogP) is 3.44. The Bertz CT molecular complexity index is 1000. The lowest BCUT2D eigenvalue weighted by Crippen LogP contribution is -2.31. The van der Waals surface area contributed by atoms with E-state index in [1.165, 1.54) is 11.8 Å². The highest BCUT2D eigenvalue weighted by Gasteiger charge is 2.43. The number of fused-ring (bicyclic) bond motifs is 1. The molecular formula is C18H19ClIN5O2S. The molecule has 2 aromatic heterocycles. The standard InChI is InChI=1S/C18H19ClIN5O2S/c1-2-11-13(26)14(27)17(28-11)25-8-22-12-15(23-18(19)24-16(12)25)21-7-9-4-3-5-10(20)6-9/h3-6,8,11,13-14,17,26-27H,2,7H2,1H3,(H,21,23,24). The van der Waals surface area contributed by atoms with Crippen molar-refractivity contribution in [3.05, 3.63) is 45.0 Å². The average molecular weight is 532 g/mol. The summed E-state index contributed by atoms with van der Waals surface area (Å²) in [4.78, 5) is 13.1. The molecule has 0 saturated carbocycles. The third-order valence-corrected chi connectivity index (χ3v) is 7.34. The normalized spacial score (nSPS) is 24.8. The molecule has 1 saturated heterocycles. The number of aromatic nitrogens is 4. The van der Waals surface area contributed by atoms with Crippen LogP contribution in [0.15, 0.2) is 30.6 Å². The number of benzene rings is 1. The minimum atomic E-state index is -0.899. The Kier molecular flexibility index (Phi) is 5.98. The molecule has 10 heteroatoms. The monoisotopic (exact) mass is 531 g/mol. The number of rotatable bonds is 5. The van der Waals surface area contributed by atoms with Crippen LogP contribution in [0.25, 0.3) is 11.2 Å². The van der Waals surface area contributed by atoms with Gasteiger partial charge in [-0.2, -0.15) is 9.97 Å². The van der Waals surface area contributed by atoms with Gasteiger partial charge in [0.1, 0.15) is 11.5 Å². The smallest absolute Gasteiger partial charge is 0.226 e. The number of hydrogen-bond acceptors (Lipinski definition) is 7. The number of anilines is 1. The molecule has 0 amide bonds. The number of halogens is 2. The summed E-state index contributed by atoms with van der Waals surface area (Å²) >= 11 is 9.96. The SMILES string of the molecule is CCC1SC(n2cnc3c(NCc4cccc(I)c4)nc(Cl)nc32)C(O)C1O. The number of nitrogens with zero attached hydrogens (tertiary/aromatic N) is 4. The Morgan fingerprint density at radius 1 is 1.29 bits per heavy atom. The summed E-state index contributed by atoms with van der Waals surface area (Å²) < 4.78 is 2.93. The second-order valence-electron chi connectivity index (χ2n) is 6.60. The lowest BCUT2D eigenvalue weighted by Gasteiger charge is -2.17. The van der Waals surface area contributed by atoms with Crippen LogP contribution in [0.2, 0.25) is 5.28 Å². The summed E-state index contributed by atoms with van der Waals surface area (Å²) in [5, 5.41) is 23.7. The fourth-order valence-electron chi connectivity index (χ4n) is 3.33. The quantitative estimate of drug-likeness (QED) is 0.343. The minimum absolute atomic E-state index is 0.0343. The molecule has 7 nitrogen and oxygen atoms in total. The van der Waals surface area contributed by atoms with E-state index in [2.05, 4.69) is 48.9 Å². The highest BCUT2D eigenvalue weighted by molar-refractivity contribution is 14.1. The van der Waals surface area contributed by atoms with Gasteiger partial charge in [-0.3, -0.25) is 4.57 Å². The molecule has 4 unspecified atom stereocenters. The Morgan fingerprint density at radius 2 is 2.11 bits per heavy atom. The van der Waals surface area contributed by atoms with Gasteiger partial charge in [0.25, 0.3) is 0 Å². The fraction of sp³-hybridized carbons (Fsp3) is 0.389. The van der Waals surface area contributed by atoms with E-state index < -0.39 is 12.2 Å². The average Bonchev–Trinajstić information content (AvgIpc) is 3.21. The van der Waals surface area contributed by atoms with Crippen molar-refractivity contribution < 1.29 is 10.2 Å². The third kappa shape index (κ3) is 3.82. The van der Waals surface area contributed by atoms with Gasteiger partial charge in [0.2, 0.25) is 5.28 Å². The first-order valence-electron chi connectivity index (χ1n) is 8.88. The van der Waals surface area contributed by atoms with E-state index in [4.69, 9.17) is 11.6 Å². The van der Waals surface area contributed by atoms with Crippen molar-refractivity contribution >= 4 is 62.9 Å². The molecule has 3 aromatic rings. The molecule has 0 bridgehead atoms. The summed E-state index contributed by atoms with van der Waals surface area (Å²) in [5.74, 6) is 0.540. The zero-order valence-electron chi connectivity index (χ0n) is 15.0. The van der Waals surface area contributed by atoms with Crippen LogP contribution >= 0.6 is 46.0 Å². The van der Waals surface area contributed by atoms with Crippen molar-refractivity contribution in [1.29, 1.82) is 0 Å². The fourth-order valence-corrected chi connectivity index (χ4v) is 5.58. The molecular weight excluding hydrogens is 513 g/mol. The van der Waals surface area contributed by atoms with E-state index in [-0.39, 0.29) is 15.9 Å². The van der Waals surface area contributed by atoms with Crippen molar-refractivity contribution in [3.63, 3.8) is 0 Å². The second kappa shape index (κ2) is 8.31. The first-order chi connectivity index (χ1) is 13.5. The van der Waals surface area contributed by atoms with Crippen molar-refractivity contribution in [2.24, 2.45) is 0 Å². The molecule has 4 rings (SSSR count). The Morgan fingerprint density at radius 3 is 2.82 bits per heavy atom. The molecule has 148 valence electrons. The van der Waals surface area contributed by atoms with Crippen LogP contribution in [0.1, 0.15) is 24.3 Å². The minimum Gasteiger partial charge on any atom is -0.389 e. The van der Waals surface area contributed by atoms with Crippen molar-refractivity contribution in [3.8, 4) is 0 Å². The number of aliphatic hydroxyl groups excluding tert-OH is 2. The van der Waals surface area contributed by atoms with E-state index >= 15 is 0 Å². The second-order valence-corrected chi connectivity index (χ2v) is 9.55. The summed E-state index contributed by atoms with van der Waals surface area (Å²) in [6.45, 7) is 2.57. The number of nitrogens with one attached hydrogen (secondary N) is 1. The van der Waals surface area contributed by atoms with Crippen molar-refractivity contribution in [1.82, 2.24) is 19.5 Å². The molecule has 1 aromatic carbocycles. The highest BCUT2D eigenvalue weighted by atomic mass is 127. The van der Waals surface area contributed by atoms with Gasteiger partial charge in [0.05, 0.1) is 12.4 Å². The molecule has 0 radical (unpaired) electrons. The molecule has 0 spiro atoms. The van der Waals surface area contributed by atoms with E-state index in [9.17, 15) is 10.2 Å². The largest absolute Gasteiger partial charge is 0.389 e. The highest BCUT2D eigenvalue weighted by Crippen LogP contribution is 2.44. The van der Waals surface area contributed by atoms with Gasteiger partial charge in [0, 0.05) is 15.4 Å². The maximum absolute atomic E-state index is 10.5. The van der Waals surface area contributed by atoms with E-state index in [1.807, 2.05) is 25.1 Å². The van der Waals surface area contributed by atoms with Crippen LogP contribution in [0.4, 0.5) is 5.82 Å². The van der Waals surface area contributed by atoms with Crippen LogP contribution in [0.5, 0.6) is 0 Å². The lowest BCUT2D eigenvalue weighted by molar-refractivity contribution is 0.0181. The summed E-state index contributed by atoms with van der Waals surface area (Å²) in [6, 6.07) is 8.16. The summed E-state index contributed by atoms with van der Waals surface area (Å²) in [7, 11) is 0. The zero-order valence-corrected chi connectivity index (χ0v) is 18.7. The van der Waals surface area contributed by atoms with Crippen LogP contribution < -0.4 is 5.32 Å². The van der Waals surface area contributed by atoms with Gasteiger partial charge in [0.15, 0.2) is 17.0 Å². The number of hydrogen-bond donors (Lipinski definition) is 3. The summed E-state index contributed by atoms with van der Waals surface area (Å²) in [5.41, 5.74) is 2.23. The van der Waals surface area contributed by atoms with Gasteiger partial charge < -0.3 is 15.5 Å². The Hall–Kier alpha value is -1.14. The van der Waals surface area contributed by atoms with Gasteiger partial charge in [-0.1, -0.05) is 19.1 Å². The van der Waals surface area contributed by atoms with E-state index in [0.717, 1.165) is 15.6 Å². The van der Waals surface area contributed by atoms with Crippen molar-refractivity contribution in [2.45, 2.75) is 42.7 Å². The van der Waals surface area contributed by atoms with Gasteiger partial charge in [-0.15, -0.1) is 11.8 Å². The molecule has 1 aliphatic rings. The molecule has 3 N–H and O–H groups in total. The maximum atomic E-state index is 10.5. The topological polar surface area (TPSA) is 96.1 Å². The van der Waals surface area contributed by atoms with Crippen LogP contribution in [0.3, 0.4) is 0 Å². The molecule has 0 aliphatic carbocycles. The zero-order chi connectivity index (χ0) is 19.8. The van der Waals surface area contributed by atoms with Crippen LogP contribution in [-0.4, -0.2) is 47.2 Å². The van der Waals surface area contributed by atoms with E-state index in [0.29, 0.717) is 23.5 Å². The Labute approximate surface area is 185 Å². The van der Waals surface area contributed by atoms with Gasteiger partial charge in [-0.05, 0) is 58.3 Å². The Balaban J connectivity index is 1.65. The lowest BCUT2D eigenvalue weighted by atomic mass is 10.1. The van der Waals surface area contributed by atoms with Gasteiger partial charge >= 0.3 is 0 Å². The predicted molar refractivity (Wildman–Crippen MR) is 120 cm³/mol. The van der Waals surface area contributed by atoms with Crippen LogP contribution in [-0.2, 0) is 6.54 Å². The molecule has 4 atom stereocenters. The first kappa shape index (κ1) is 20.1. The van der Waals surface area contributed by atoms with Gasteiger partial charge in [-0.25, -0.2) is 4.98 Å². The number of aliphatic hydroxyl groups is 2.